The molecule has 6 heteroatoms. The number of para-hydroxylation sites is 1. The van der Waals surface area contributed by atoms with Gasteiger partial charge in [0.25, 0.3) is 0 Å². The second kappa shape index (κ2) is 7.07. The second-order valence-corrected chi connectivity index (χ2v) is 5.32. The van der Waals surface area contributed by atoms with Crippen LogP contribution in [0.5, 0.6) is 0 Å². The summed E-state index contributed by atoms with van der Waals surface area (Å²) < 4.78 is 5.70. The van der Waals surface area contributed by atoms with Crippen LogP contribution in [0.4, 0.5) is 10.5 Å². The maximum Gasteiger partial charge on any atom is 0.412 e. The number of hydrogen-bond donors (Lipinski definition) is 2. The fourth-order valence-corrected chi connectivity index (χ4v) is 2.32. The van der Waals surface area contributed by atoms with Crippen molar-refractivity contribution in [1.82, 2.24) is 0 Å². The van der Waals surface area contributed by atoms with Crippen LogP contribution in [-0.4, -0.2) is 17.2 Å². The van der Waals surface area contributed by atoms with E-state index in [-0.39, 0.29) is 17.9 Å². The van der Waals surface area contributed by atoms with Gasteiger partial charge in [-0.2, -0.15) is 0 Å². The minimum Gasteiger partial charge on any atom is -0.478 e. The summed E-state index contributed by atoms with van der Waals surface area (Å²) >= 11 is 1.96. The largest absolute Gasteiger partial charge is 0.478 e. The van der Waals surface area contributed by atoms with Gasteiger partial charge in [-0.1, -0.05) is 36.4 Å². The third kappa shape index (κ3) is 4.19. The number of rotatable bonds is 4. The fourth-order valence-electron chi connectivity index (χ4n) is 1.69. The molecule has 0 aliphatic carbocycles. The predicted molar refractivity (Wildman–Crippen MR) is 86.4 cm³/mol. The molecule has 0 saturated carbocycles. The van der Waals surface area contributed by atoms with Crippen molar-refractivity contribution >= 4 is 40.3 Å². The average Bonchev–Trinajstić information content (AvgIpc) is 2.48. The number of amides is 1. The Labute approximate surface area is 135 Å². The number of ether oxygens (including phenoxy) is 1. The molecule has 0 aliphatic heterocycles. The van der Waals surface area contributed by atoms with Gasteiger partial charge in [0, 0.05) is 3.57 Å². The summed E-state index contributed by atoms with van der Waals surface area (Å²) in [6.07, 6.45) is -0.689. The Balaban J connectivity index is 2.05. The molecule has 2 aromatic rings. The summed E-state index contributed by atoms with van der Waals surface area (Å²) in [5, 5.41) is 11.6. The molecule has 0 spiro atoms. The molecule has 2 rings (SSSR count). The first-order valence-corrected chi connectivity index (χ1v) is 7.15. The summed E-state index contributed by atoms with van der Waals surface area (Å²) in [7, 11) is 0. The van der Waals surface area contributed by atoms with Crippen molar-refractivity contribution in [3.05, 3.63) is 63.2 Å². The number of carbonyl (C=O) groups excluding carboxylic acids is 1. The molecule has 0 unspecified atom stereocenters. The van der Waals surface area contributed by atoms with Crippen molar-refractivity contribution in [2.75, 3.05) is 5.32 Å². The molecule has 21 heavy (non-hydrogen) atoms. The van der Waals surface area contributed by atoms with Crippen molar-refractivity contribution in [2.45, 2.75) is 6.61 Å². The third-order valence-electron chi connectivity index (χ3n) is 2.68. The van der Waals surface area contributed by atoms with Gasteiger partial charge in [-0.3, -0.25) is 5.32 Å². The Bertz CT molecular complexity index is 658. The van der Waals surface area contributed by atoms with Crippen LogP contribution in [-0.2, 0) is 11.3 Å². The van der Waals surface area contributed by atoms with Crippen LogP contribution in [0.1, 0.15) is 15.9 Å². The van der Waals surface area contributed by atoms with Crippen molar-refractivity contribution in [2.24, 2.45) is 0 Å². The number of aromatic carboxylic acids is 1. The van der Waals surface area contributed by atoms with Gasteiger partial charge in [0.15, 0.2) is 0 Å². The number of hydrogen-bond acceptors (Lipinski definition) is 3. The molecule has 0 fully saturated rings. The van der Waals surface area contributed by atoms with E-state index in [9.17, 15) is 9.59 Å². The van der Waals surface area contributed by atoms with E-state index in [2.05, 4.69) is 5.32 Å². The minimum atomic E-state index is -1.10. The predicted octanol–water partition coefficient (Wildman–Crippen LogP) is 3.74. The summed E-state index contributed by atoms with van der Waals surface area (Å²) in [4.78, 5) is 22.9. The van der Waals surface area contributed by atoms with Crippen molar-refractivity contribution in [3.8, 4) is 0 Å². The van der Waals surface area contributed by atoms with Crippen LogP contribution >= 0.6 is 22.6 Å². The molecule has 2 aromatic carbocycles. The molecule has 0 bridgehead atoms. The highest BCUT2D eigenvalue weighted by Crippen LogP contribution is 2.23. The third-order valence-corrected chi connectivity index (χ3v) is 3.58. The summed E-state index contributed by atoms with van der Waals surface area (Å²) in [6.45, 7) is 0.124. The van der Waals surface area contributed by atoms with Crippen LogP contribution in [0, 0.1) is 3.57 Å². The van der Waals surface area contributed by atoms with E-state index in [1.165, 1.54) is 6.07 Å². The number of halogens is 1. The first kappa shape index (κ1) is 15.3. The lowest BCUT2D eigenvalue weighted by Crippen LogP contribution is -2.17. The van der Waals surface area contributed by atoms with Gasteiger partial charge in [-0.25, -0.2) is 9.59 Å². The molecule has 0 aliphatic rings. The Morgan fingerprint density at radius 3 is 2.48 bits per heavy atom. The number of benzene rings is 2. The van der Waals surface area contributed by atoms with Gasteiger partial charge in [0.05, 0.1) is 11.3 Å². The summed E-state index contributed by atoms with van der Waals surface area (Å²) in [6, 6.07) is 14.0. The summed E-state index contributed by atoms with van der Waals surface area (Å²) in [5.41, 5.74) is 1.12. The molecule has 0 radical (unpaired) electrons. The molecule has 108 valence electrons. The highest BCUT2D eigenvalue weighted by molar-refractivity contribution is 14.1. The zero-order chi connectivity index (χ0) is 15.2. The highest BCUT2D eigenvalue weighted by atomic mass is 127. The molecule has 1 amide bonds. The molecule has 5 nitrogen and oxygen atoms in total. The molecule has 0 saturated heterocycles. The zero-order valence-corrected chi connectivity index (χ0v) is 13.0. The maximum absolute atomic E-state index is 11.8. The van der Waals surface area contributed by atoms with Crippen molar-refractivity contribution in [1.29, 1.82) is 0 Å². The Morgan fingerprint density at radius 2 is 1.81 bits per heavy atom. The maximum atomic E-state index is 11.8. The molecule has 0 heterocycles. The Hall–Kier alpha value is -2.09. The van der Waals surface area contributed by atoms with Gasteiger partial charge in [0.1, 0.15) is 6.61 Å². The zero-order valence-electron chi connectivity index (χ0n) is 10.9. The van der Waals surface area contributed by atoms with Crippen LogP contribution in [0.3, 0.4) is 0 Å². The molecule has 0 aromatic heterocycles. The van der Waals surface area contributed by atoms with Crippen molar-refractivity contribution in [3.63, 3.8) is 0 Å². The van der Waals surface area contributed by atoms with Gasteiger partial charge in [-0.15, -0.1) is 0 Å². The minimum absolute atomic E-state index is 0.0264. The first-order valence-electron chi connectivity index (χ1n) is 6.07. The normalized spacial score (nSPS) is 9.95. The van der Waals surface area contributed by atoms with E-state index >= 15 is 0 Å². The van der Waals surface area contributed by atoms with Gasteiger partial charge in [-0.05, 0) is 40.3 Å². The van der Waals surface area contributed by atoms with E-state index in [4.69, 9.17) is 9.84 Å². The number of nitrogens with one attached hydrogen (secondary N) is 1. The second-order valence-electron chi connectivity index (χ2n) is 4.15. The SMILES string of the molecule is O=C(Nc1c(I)cccc1C(=O)O)OCc1ccccc1. The number of carbonyl (C=O) groups is 2. The fraction of sp³-hybridized carbons (Fsp3) is 0.0667. The molecule has 2 N–H and O–H groups in total. The number of anilines is 1. The van der Waals surface area contributed by atoms with Crippen LogP contribution < -0.4 is 5.32 Å². The van der Waals surface area contributed by atoms with Crippen LogP contribution in [0.15, 0.2) is 48.5 Å². The standard InChI is InChI=1S/C15H12INO4/c16-12-8-4-7-11(14(18)19)13(12)17-15(20)21-9-10-5-2-1-3-6-10/h1-8H,9H2,(H,17,20)(H,18,19). The van der Waals surface area contributed by atoms with Gasteiger partial charge < -0.3 is 9.84 Å². The number of carboxylic acids is 1. The lowest BCUT2D eigenvalue weighted by Gasteiger charge is -2.11. The molecular formula is C15H12INO4. The topological polar surface area (TPSA) is 75.6 Å². The van der Waals surface area contributed by atoms with Gasteiger partial charge in [0.2, 0.25) is 0 Å². The smallest absolute Gasteiger partial charge is 0.412 e. The van der Waals surface area contributed by atoms with E-state index < -0.39 is 12.1 Å². The van der Waals surface area contributed by atoms with E-state index in [1.54, 1.807) is 12.1 Å². The Morgan fingerprint density at radius 1 is 1.10 bits per heavy atom. The monoisotopic (exact) mass is 397 g/mol. The van der Waals surface area contributed by atoms with Crippen LogP contribution in [0.2, 0.25) is 0 Å². The van der Waals surface area contributed by atoms with E-state index in [0.717, 1.165) is 5.56 Å². The lowest BCUT2D eigenvalue weighted by atomic mass is 10.2. The molecule has 0 atom stereocenters. The Kier molecular flexibility index (Phi) is 5.15. The number of carboxylic acid groups (broad SMARTS) is 1. The summed E-state index contributed by atoms with van der Waals surface area (Å²) in [5.74, 6) is -1.10. The lowest BCUT2D eigenvalue weighted by molar-refractivity contribution is 0.0698. The van der Waals surface area contributed by atoms with Crippen LogP contribution in [0.25, 0.3) is 0 Å². The molecular weight excluding hydrogens is 385 g/mol. The van der Waals surface area contributed by atoms with Gasteiger partial charge >= 0.3 is 12.1 Å². The first-order chi connectivity index (χ1) is 10.1. The average molecular weight is 397 g/mol. The highest BCUT2D eigenvalue weighted by Gasteiger charge is 2.15. The quantitative estimate of drug-likeness (QED) is 0.771. The van der Waals surface area contributed by atoms with E-state index in [1.807, 2.05) is 52.9 Å². The van der Waals surface area contributed by atoms with Crippen molar-refractivity contribution < 1.29 is 19.4 Å². The van der Waals surface area contributed by atoms with E-state index in [0.29, 0.717) is 3.57 Å².